The number of nitrogens with one attached hydrogen (secondary N) is 3. The highest BCUT2D eigenvalue weighted by molar-refractivity contribution is 7.90. The van der Waals surface area contributed by atoms with Gasteiger partial charge in [0.1, 0.15) is 38.6 Å². The number of alkyl carbamates (subject to hydrolysis) is 1. The summed E-state index contributed by atoms with van der Waals surface area (Å²) in [5.74, 6) is -3.10. The van der Waals surface area contributed by atoms with Crippen LogP contribution in [0.5, 0.6) is 0 Å². The Hall–Kier alpha value is -3.61. The molecule has 1 saturated carbocycles. The van der Waals surface area contributed by atoms with E-state index in [0.29, 0.717) is 24.5 Å². The van der Waals surface area contributed by atoms with Gasteiger partial charge in [-0.15, -0.1) is 11.3 Å². The first kappa shape index (κ1) is 42.0. The maximum atomic E-state index is 14.4. The van der Waals surface area contributed by atoms with E-state index in [1.54, 1.807) is 39.0 Å². The molecule has 304 valence electrons. The molecule has 4 aliphatic rings. The molecule has 0 spiro atoms. The highest BCUT2D eigenvalue weighted by Crippen LogP contribution is 2.46. The lowest BCUT2D eigenvalue weighted by molar-refractivity contribution is -0.141. The fourth-order valence-electron chi connectivity index (χ4n) is 6.94. The number of rotatable bonds is 5. The third-order valence-electron chi connectivity index (χ3n) is 9.78. The highest BCUT2D eigenvalue weighted by atomic mass is 35.5. The summed E-state index contributed by atoms with van der Waals surface area (Å²) in [7, 11) is -4.51. The SMILES string of the molecule is CC(C)(C)OC(=O)N[C@H]1CCOCCC/C=C\[C@@H]2C[C@@]2(C(=O)NS(=O)(=O)c2cc(Cl)sc2Cl)NC(=O)[C@@H]2C[C@@H](OC(=O)N3Cc4cccc(Cl)c4C3)CN2C1=O. The van der Waals surface area contributed by atoms with Gasteiger partial charge in [-0.25, -0.2) is 22.7 Å². The number of sulfonamides is 1. The van der Waals surface area contributed by atoms with Crippen LogP contribution in [-0.2, 0) is 51.7 Å². The van der Waals surface area contributed by atoms with Crippen molar-refractivity contribution in [2.75, 3.05) is 19.8 Å². The van der Waals surface area contributed by atoms with Crippen molar-refractivity contribution in [3.8, 4) is 0 Å². The van der Waals surface area contributed by atoms with E-state index in [0.717, 1.165) is 28.5 Å². The predicted octanol–water partition coefficient (Wildman–Crippen LogP) is 5.16. The summed E-state index contributed by atoms with van der Waals surface area (Å²) in [6.45, 7) is 5.64. The van der Waals surface area contributed by atoms with Crippen molar-refractivity contribution in [1.82, 2.24) is 25.2 Å². The Morgan fingerprint density at radius 2 is 1.88 bits per heavy atom. The number of hydrogen-bond donors (Lipinski definition) is 3. The molecule has 4 heterocycles. The first-order chi connectivity index (χ1) is 26.4. The molecule has 1 aromatic carbocycles. The number of nitrogens with zero attached hydrogens (tertiary/aromatic N) is 2. The highest BCUT2D eigenvalue weighted by Gasteiger charge is 2.62. The van der Waals surface area contributed by atoms with E-state index < -0.39 is 80.1 Å². The van der Waals surface area contributed by atoms with Gasteiger partial charge in [0.2, 0.25) is 11.8 Å². The van der Waals surface area contributed by atoms with Gasteiger partial charge in [-0.3, -0.25) is 19.3 Å². The summed E-state index contributed by atoms with van der Waals surface area (Å²) in [6.07, 6.45) is 2.05. The third-order valence-corrected chi connectivity index (χ3v) is 13.2. The van der Waals surface area contributed by atoms with Gasteiger partial charge in [0.15, 0.2) is 0 Å². The molecule has 3 N–H and O–H groups in total. The van der Waals surface area contributed by atoms with Crippen molar-refractivity contribution in [2.45, 2.75) is 100 Å². The Labute approximate surface area is 343 Å². The van der Waals surface area contributed by atoms with E-state index in [1.807, 2.05) is 16.9 Å². The molecule has 0 radical (unpaired) electrons. The number of amides is 5. The zero-order valence-corrected chi connectivity index (χ0v) is 34.7. The van der Waals surface area contributed by atoms with E-state index in [4.69, 9.17) is 49.0 Å². The van der Waals surface area contributed by atoms with Crippen molar-refractivity contribution in [3.63, 3.8) is 0 Å². The number of hydrogen-bond acceptors (Lipinski definition) is 11. The van der Waals surface area contributed by atoms with E-state index in [2.05, 4.69) is 10.6 Å². The van der Waals surface area contributed by atoms with Crippen molar-refractivity contribution >= 4 is 86.1 Å². The molecule has 5 amide bonds. The van der Waals surface area contributed by atoms with E-state index in [-0.39, 0.29) is 54.2 Å². The van der Waals surface area contributed by atoms with Crippen LogP contribution in [0.4, 0.5) is 9.59 Å². The van der Waals surface area contributed by atoms with Gasteiger partial charge < -0.3 is 29.7 Å². The molecule has 1 saturated heterocycles. The van der Waals surface area contributed by atoms with Crippen molar-refractivity contribution in [1.29, 1.82) is 0 Å². The lowest BCUT2D eigenvalue weighted by Gasteiger charge is -2.30. The Morgan fingerprint density at radius 3 is 2.57 bits per heavy atom. The van der Waals surface area contributed by atoms with Gasteiger partial charge in [-0.05, 0) is 63.3 Å². The van der Waals surface area contributed by atoms with Gasteiger partial charge in [-0.2, -0.15) is 0 Å². The van der Waals surface area contributed by atoms with E-state index >= 15 is 0 Å². The Kier molecular flexibility index (Phi) is 12.5. The first-order valence-electron chi connectivity index (χ1n) is 18.0. The minimum absolute atomic E-state index is 0.0252. The molecule has 15 nitrogen and oxygen atoms in total. The van der Waals surface area contributed by atoms with Crippen LogP contribution in [0.25, 0.3) is 0 Å². The lowest BCUT2D eigenvalue weighted by Crippen LogP contribution is -2.58. The second kappa shape index (κ2) is 16.7. The molecule has 2 aromatic rings. The number of carbonyl (C=O) groups excluding carboxylic acids is 5. The number of carbonyl (C=O) groups is 5. The minimum Gasteiger partial charge on any atom is -0.444 e. The summed E-state index contributed by atoms with van der Waals surface area (Å²) in [5.41, 5.74) is -0.954. The Balaban J connectivity index is 1.28. The van der Waals surface area contributed by atoms with Crippen LogP contribution in [0.1, 0.15) is 64.0 Å². The van der Waals surface area contributed by atoms with Gasteiger partial charge in [0.05, 0.1) is 17.4 Å². The van der Waals surface area contributed by atoms with E-state index in [9.17, 15) is 32.4 Å². The zero-order chi connectivity index (χ0) is 40.6. The van der Waals surface area contributed by atoms with Gasteiger partial charge in [0.25, 0.3) is 15.9 Å². The molecule has 1 aliphatic carbocycles. The van der Waals surface area contributed by atoms with Crippen LogP contribution in [0.15, 0.2) is 41.3 Å². The number of benzene rings is 1. The molecule has 3 aliphatic heterocycles. The second-order valence-corrected chi connectivity index (χ2v) is 19.4. The van der Waals surface area contributed by atoms with Gasteiger partial charge in [-0.1, -0.05) is 59.1 Å². The smallest absolute Gasteiger partial charge is 0.410 e. The van der Waals surface area contributed by atoms with Crippen LogP contribution >= 0.6 is 46.1 Å². The molecular weight excluding hydrogens is 833 g/mol. The first-order valence-corrected chi connectivity index (χ1v) is 21.4. The standard InChI is InChI=1S/C36H42Cl3N5O10S2/c1-35(2,3)54-33(48)40-25-11-13-52-12-6-4-5-9-21-16-36(21,32(47)42-56(50,51)27-15-28(38)55-29(27)39)41-30(45)26-14-22(18-44(26)31(25)46)53-34(49)43-17-20-8-7-10-24(37)23(20)19-43/h5,7-10,15,21-22,25-26H,4,6,11-14,16-19H2,1-3H3,(H,40,48)(H,41,45)(H,42,47)/b9-5-/t21-,22-,25+,26+,36-/m1/s1. The second-order valence-electron chi connectivity index (χ2n) is 15.0. The number of fused-ring (bicyclic) bond motifs is 3. The molecule has 0 unspecified atom stereocenters. The van der Waals surface area contributed by atoms with Gasteiger partial charge >= 0.3 is 12.2 Å². The molecular formula is C36H42Cl3N5O10S2. The molecule has 20 heteroatoms. The fraction of sp³-hybridized carbons (Fsp3) is 0.528. The number of thiophene rings is 1. The zero-order valence-electron chi connectivity index (χ0n) is 30.8. The Bertz CT molecular complexity index is 2040. The van der Waals surface area contributed by atoms with Crippen LogP contribution in [0, 0.1) is 5.92 Å². The third kappa shape index (κ3) is 9.56. The molecule has 1 aromatic heterocycles. The predicted molar refractivity (Wildman–Crippen MR) is 207 cm³/mol. The van der Waals surface area contributed by atoms with Crippen LogP contribution in [-0.4, -0.2) is 97.2 Å². The molecule has 0 bridgehead atoms. The average molecular weight is 875 g/mol. The topological polar surface area (TPSA) is 190 Å². The Morgan fingerprint density at radius 1 is 1.11 bits per heavy atom. The van der Waals surface area contributed by atoms with Crippen molar-refractivity contribution < 1.29 is 46.6 Å². The largest absolute Gasteiger partial charge is 0.444 e. The van der Waals surface area contributed by atoms with Crippen LogP contribution in [0.2, 0.25) is 13.7 Å². The maximum Gasteiger partial charge on any atom is 0.410 e. The average Bonchev–Trinajstić information content (AvgIpc) is 3.41. The quantitative estimate of drug-likeness (QED) is 0.339. The summed E-state index contributed by atoms with van der Waals surface area (Å²) < 4.78 is 45.7. The normalized spacial score (nSPS) is 26.3. The van der Waals surface area contributed by atoms with E-state index in [1.165, 1.54) is 9.80 Å². The lowest BCUT2D eigenvalue weighted by atomic mass is 10.1. The molecule has 5 atom stereocenters. The summed E-state index contributed by atoms with van der Waals surface area (Å²) in [6, 6.07) is 3.97. The van der Waals surface area contributed by atoms with Gasteiger partial charge in [0, 0.05) is 43.5 Å². The number of ether oxygens (including phenoxy) is 3. The van der Waals surface area contributed by atoms with Crippen LogP contribution in [0.3, 0.4) is 0 Å². The number of allylic oxidation sites excluding steroid dienone is 1. The maximum absolute atomic E-state index is 14.4. The summed E-state index contributed by atoms with van der Waals surface area (Å²) in [4.78, 5) is 71.3. The molecule has 56 heavy (non-hydrogen) atoms. The monoisotopic (exact) mass is 873 g/mol. The van der Waals surface area contributed by atoms with Crippen molar-refractivity contribution in [2.24, 2.45) is 5.92 Å². The van der Waals surface area contributed by atoms with Crippen molar-refractivity contribution in [3.05, 3.63) is 61.2 Å². The molecule has 6 rings (SSSR count). The molecule has 2 fully saturated rings. The summed E-state index contributed by atoms with van der Waals surface area (Å²) in [5, 5.41) is 5.87. The van der Waals surface area contributed by atoms with Crippen LogP contribution < -0.4 is 15.4 Å². The number of halogens is 3. The summed E-state index contributed by atoms with van der Waals surface area (Å²) >= 11 is 19.3. The fourth-order valence-corrected chi connectivity index (χ4v) is 10.4. The minimum atomic E-state index is -4.51.